The number of hydrogen-bond acceptors (Lipinski definition) is 3. The Bertz CT molecular complexity index is 537. The van der Waals surface area contributed by atoms with Crippen molar-refractivity contribution in [2.75, 3.05) is 5.32 Å². The average molecular weight is 242 g/mol. The van der Waals surface area contributed by atoms with Crippen LogP contribution < -0.4 is 5.32 Å². The molecule has 3 heteroatoms. The van der Waals surface area contributed by atoms with E-state index >= 15 is 0 Å². The molecule has 0 spiro atoms. The summed E-state index contributed by atoms with van der Waals surface area (Å²) in [5.41, 5.74) is 3.09. The second-order valence-corrected chi connectivity index (χ2v) is 4.77. The summed E-state index contributed by atoms with van der Waals surface area (Å²) < 4.78 is 0. The Morgan fingerprint density at radius 3 is 3.00 bits per heavy atom. The number of hydrogen-bond donors (Lipinski definition) is 1. The van der Waals surface area contributed by atoms with Crippen molar-refractivity contribution in [3.63, 3.8) is 0 Å². The Morgan fingerprint density at radius 2 is 2.24 bits per heavy atom. The quantitative estimate of drug-likeness (QED) is 0.885. The van der Waals surface area contributed by atoms with Gasteiger partial charge < -0.3 is 5.32 Å². The molecule has 0 fully saturated rings. The zero-order chi connectivity index (χ0) is 12.1. The summed E-state index contributed by atoms with van der Waals surface area (Å²) in [6.07, 6.45) is 1.07. The molecule has 1 heterocycles. The largest absolute Gasteiger partial charge is 0.380 e. The molecule has 86 valence electrons. The van der Waals surface area contributed by atoms with Gasteiger partial charge in [0.1, 0.15) is 0 Å². The molecule has 1 N–H and O–H groups in total. The highest BCUT2D eigenvalue weighted by molar-refractivity contribution is 7.10. The molecule has 1 aromatic heterocycles. The van der Waals surface area contributed by atoms with Crippen molar-refractivity contribution in [1.82, 2.24) is 0 Å². The fourth-order valence-corrected chi connectivity index (χ4v) is 2.63. The molecule has 2 aromatic rings. The van der Waals surface area contributed by atoms with E-state index in [0.717, 1.165) is 18.7 Å². The monoisotopic (exact) mass is 242 g/mol. The van der Waals surface area contributed by atoms with E-state index in [1.165, 1.54) is 10.4 Å². The van der Waals surface area contributed by atoms with Crippen molar-refractivity contribution in [3.8, 4) is 6.07 Å². The summed E-state index contributed by atoms with van der Waals surface area (Å²) in [5.74, 6) is 0. The highest BCUT2D eigenvalue weighted by Crippen LogP contribution is 2.19. The predicted octanol–water partition coefficient (Wildman–Crippen LogP) is 3.79. The van der Waals surface area contributed by atoms with Gasteiger partial charge in [-0.1, -0.05) is 13.0 Å². The van der Waals surface area contributed by atoms with Crippen LogP contribution in [-0.4, -0.2) is 0 Å². The fraction of sp³-hybridized carbons (Fsp3) is 0.214. The van der Waals surface area contributed by atoms with Crippen molar-refractivity contribution in [2.24, 2.45) is 0 Å². The van der Waals surface area contributed by atoms with Gasteiger partial charge in [-0.25, -0.2) is 0 Å². The van der Waals surface area contributed by atoms with Crippen LogP contribution in [-0.2, 0) is 13.0 Å². The Morgan fingerprint density at radius 1 is 1.35 bits per heavy atom. The van der Waals surface area contributed by atoms with Crippen LogP contribution in [0, 0.1) is 11.3 Å². The minimum Gasteiger partial charge on any atom is -0.380 e. The van der Waals surface area contributed by atoms with Crippen molar-refractivity contribution in [3.05, 3.63) is 51.7 Å². The maximum Gasteiger partial charge on any atom is 0.0992 e. The highest BCUT2D eigenvalue weighted by Gasteiger charge is 2.02. The summed E-state index contributed by atoms with van der Waals surface area (Å²) in [7, 11) is 0. The standard InChI is InChI=1S/C14H14N2S/c1-2-12-6-7-17-14(12)10-16-13-5-3-4-11(8-13)9-15/h3-8,16H,2,10H2,1H3. The molecule has 17 heavy (non-hydrogen) atoms. The number of aryl methyl sites for hydroxylation is 1. The van der Waals surface area contributed by atoms with E-state index in [1.54, 1.807) is 11.3 Å². The van der Waals surface area contributed by atoms with E-state index in [2.05, 4.69) is 29.8 Å². The maximum absolute atomic E-state index is 8.82. The lowest BCUT2D eigenvalue weighted by Crippen LogP contribution is -1.99. The summed E-state index contributed by atoms with van der Waals surface area (Å²) in [6.45, 7) is 3.00. The van der Waals surface area contributed by atoms with E-state index in [1.807, 2.05) is 24.3 Å². The summed E-state index contributed by atoms with van der Waals surface area (Å²) >= 11 is 1.78. The van der Waals surface area contributed by atoms with Crippen molar-refractivity contribution < 1.29 is 0 Å². The molecule has 0 aliphatic carbocycles. The summed E-state index contributed by atoms with van der Waals surface area (Å²) in [4.78, 5) is 1.37. The number of rotatable bonds is 4. The van der Waals surface area contributed by atoms with Crippen LogP contribution >= 0.6 is 11.3 Å². The van der Waals surface area contributed by atoms with Crippen molar-refractivity contribution in [1.29, 1.82) is 5.26 Å². The molecule has 0 aliphatic heterocycles. The lowest BCUT2D eigenvalue weighted by molar-refractivity contribution is 1.08. The third-order valence-electron chi connectivity index (χ3n) is 2.66. The van der Waals surface area contributed by atoms with E-state index in [0.29, 0.717) is 5.56 Å². The van der Waals surface area contributed by atoms with E-state index in [-0.39, 0.29) is 0 Å². The van der Waals surface area contributed by atoms with Crippen LogP contribution in [0.15, 0.2) is 35.7 Å². The third kappa shape index (κ3) is 2.86. The van der Waals surface area contributed by atoms with Gasteiger partial charge in [-0.05, 0) is 41.6 Å². The third-order valence-corrected chi connectivity index (χ3v) is 3.63. The molecular formula is C14H14N2S. The van der Waals surface area contributed by atoms with Gasteiger partial charge in [0.05, 0.1) is 11.6 Å². The summed E-state index contributed by atoms with van der Waals surface area (Å²) in [6, 6.07) is 11.9. The highest BCUT2D eigenvalue weighted by atomic mass is 32.1. The Labute approximate surface area is 106 Å². The smallest absolute Gasteiger partial charge is 0.0992 e. The molecule has 2 nitrogen and oxygen atoms in total. The molecule has 0 saturated heterocycles. The zero-order valence-corrected chi connectivity index (χ0v) is 10.6. The first-order chi connectivity index (χ1) is 8.33. The van der Waals surface area contributed by atoms with E-state index in [4.69, 9.17) is 5.26 Å². The average Bonchev–Trinajstić information content (AvgIpc) is 2.84. The normalized spacial score (nSPS) is 9.88. The molecule has 0 atom stereocenters. The Hall–Kier alpha value is -1.79. The number of nitrogens with one attached hydrogen (secondary N) is 1. The van der Waals surface area contributed by atoms with Crippen LogP contribution in [0.25, 0.3) is 0 Å². The van der Waals surface area contributed by atoms with Crippen LogP contribution in [0.3, 0.4) is 0 Å². The van der Waals surface area contributed by atoms with Gasteiger partial charge in [0.2, 0.25) is 0 Å². The SMILES string of the molecule is CCc1ccsc1CNc1cccc(C#N)c1. The molecule has 1 aromatic carbocycles. The molecule has 0 bridgehead atoms. The Kier molecular flexibility index (Phi) is 3.79. The van der Waals surface area contributed by atoms with E-state index < -0.39 is 0 Å². The van der Waals surface area contributed by atoms with Crippen LogP contribution in [0.2, 0.25) is 0 Å². The number of thiophene rings is 1. The second kappa shape index (κ2) is 5.51. The first-order valence-electron chi connectivity index (χ1n) is 5.62. The van der Waals surface area contributed by atoms with Crippen molar-refractivity contribution in [2.45, 2.75) is 19.9 Å². The first kappa shape index (κ1) is 11.7. The summed E-state index contributed by atoms with van der Waals surface area (Å²) in [5, 5.41) is 14.3. The van der Waals surface area contributed by atoms with Gasteiger partial charge in [-0.2, -0.15) is 5.26 Å². The predicted molar refractivity (Wildman–Crippen MR) is 72.2 cm³/mol. The van der Waals surface area contributed by atoms with E-state index in [9.17, 15) is 0 Å². The molecule has 2 rings (SSSR count). The molecule has 0 aliphatic rings. The zero-order valence-electron chi connectivity index (χ0n) is 9.73. The second-order valence-electron chi connectivity index (χ2n) is 3.77. The van der Waals surface area contributed by atoms with Crippen LogP contribution in [0.4, 0.5) is 5.69 Å². The number of nitriles is 1. The first-order valence-corrected chi connectivity index (χ1v) is 6.50. The number of nitrogens with zero attached hydrogens (tertiary/aromatic N) is 1. The molecule has 0 saturated carbocycles. The minimum absolute atomic E-state index is 0.692. The van der Waals surface area contributed by atoms with Gasteiger partial charge in [0.15, 0.2) is 0 Å². The minimum atomic E-state index is 0.692. The van der Waals surface area contributed by atoms with Gasteiger partial charge in [-0.3, -0.25) is 0 Å². The molecule has 0 radical (unpaired) electrons. The molecule has 0 unspecified atom stereocenters. The van der Waals surface area contributed by atoms with Crippen molar-refractivity contribution >= 4 is 17.0 Å². The van der Waals surface area contributed by atoms with Crippen LogP contribution in [0.1, 0.15) is 22.9 Å². The topological polar surface area (TPSA) is 35.8 Å². The van der Waals surface area contributed by atoms with Gasteiger partial charge in [-0.15, -0.1) is 11.3 Å². The number of benzene rings is 1. The molecular weight excluding hydrogens is 228 g/mol. The lowest BCUT2D eigenvalue weighted by Gasteiger charge is -2.06. The van der Waals surface area contributed by atoms with Gasteiger partial charge >= 0.3 is 0 Å². The fourth-order valence-electron chi connectivity index (χ4n) is 1.72. The maximum atomic E-state index is 8.82. The Balaban J connectivity index is 2.05. The lowest BCUT2D eigenvalue weighted by atomic mass is 10.2. The van der Waals surface area contributed by atoms with Crippen LogP contribution in [0.5, 0.6) is 0 Å². The molecule has 0 amide bonds. The number of anilines is 1. The van der Waals surface area contributed by atoms with Gasteiger partial charge in [0.25, 0.3) is 0 Å². The van der Waals surface area contributed by atoms with Gasteiger partial charge in [0, 0.05) is 17.1 Å².